The van der Waals surface area contributed by atoms with Crippen molar-refractivity contribution in [3.63, 3.8) is 0 Å². The molecule has 0 atom stereocenters. The summed E-state index contributed by atoms with van der Waals surface area (Å²) in [5, 5.41) is -0.396. The first-order chi connectivity index (χ1) is 15.1. The van der Waals surface area contributed by atoms with E-state index in [1.54, 1.807) is 0 Å². The van der Waals surface area contributed by atoms with E-state index in [1.807, 2.05) is 0 Å². The van der Waals surface area contributed by atoms with Crippen molar-refractivity contribution in [2.24, 2.45) is 0 Å². The lowest BCUT2D eigenvalue weighted by Gasteiger charge is -2.33. The summed E-state index contributed by atoms with van der Waals surface area (Å²) in [7, 11) is -4.77. The largest absolute Gasteiger partial charge is 0.451 e. The molecule has 1 amide bonds. The highest BCUT2D eigenvalue weighted by Crippen LogP contribution is 2.41. The molecule has 2 aromatic rings. The molecule has 0 unspecified atom stereocenters. The first kappa shape index (κ1) is 24.9. The summed E-state index contributed by atoms with van der Waals surface area (Å²) in [6, 6.07) is 2.08. The SMILES string of the molecule is O=C(N[C@H]1CC[C@](F)(S(=O)(=O)c2cccc(C(F)(F)F)c2)CC1)c1cnc(C(F)(F)F)nc1. The third-order valence-corrected chi connectivity index (χ3v) is 7.43. The highest BCUT2D eigenvalue weighted by Gasteiger charge is 2.48. The molecule has 0 bridgehead atoms. The Morgan fingerprint density at radius 2 is 1.58 bits per heavy atom. The van der Waals surface area contributed by atoms with Gasteiger partial charge in [0.1, 0.15) is 0 Å². The van der Waals surface area contributed by atoms with Crippen molar-refractivity contribution in [1.82, 2.24) is 15.3 Å². The number of sulfone groups is 1. The third-order valence-electron chi connectivity index (χ3n) is 5.19. The number of hydrogen-bond donors (Lipinski definition) is 1. The Hall–Kier alpha value is -2.77. The van der Waals surface area contributed by atoms with Crippen LogP contribution >= 0.6 is 0 Å². The first-order valence-electron chi connectivity index (χ1n) is 9.44. The fourth-order valence-electron chi connectivity index (χ4n) is 3.37. The lowest BCUT2D eigenvalue weighted by Crippen LogP contribution is -2.45. The van der Waals surface area contributed by atoms with Crippen LogP contribution in [0.25, 0.3) is 0 Å². The van der Waals surface area contributed by atoms with Crippen LogP contribution in [0.15, 0.2) is 41.6 Å². The van der Waals surface area contributed by atoms with Crippen molar-refractivity contribution in [2.75, 3.05) is 0 Å². The van der Waals surface area contributed by atoms with Crippen molar-refractivity contribution >= 4 is 15.7 Å². The Labute approximate surface area is 183 Å². The van der Waals surface area contributed by atoms with Gasteiger partial charge in [0.2, 0.25) is 20.7 Å². The molecule has 6 nitrogen and oxygen atoms in total. The van der Waals surface area contributed by atoms with Gasteiger partial charge in [0.15, 0.2) is 0 Å². The average Bonchev–Trinajstić information content (AvgIpc) is 2.74. The molecule has 180 valence electrons. The number of aromatic nitrogens is 2. The molecule has 0 spiro atoms. The van der Waals surface area contributed by atoms with Gasteiger partial charge in [0, 0.05) is 18.4 Å². The zero-order valence-corrected chi connectivity index (χ0v) is 17.4. The average molecular weight is 499 g/mol. The monoisotopic (exact) mass is 499 g/mol. The topological polar surface area (TPSA) is 89.0 Å². The maximum atomic E-state index is 15.3. The molecule has 1 saturated carbocycles. The number of benzene rings is 1. The molecule has 0 saturated heterocycles. The molecule has 33 heavy (non-hydrogen) atoms. The summed E-state index contributed by atoms with van der Waals surface area (Å²) < 4.78 is 117. The van der Waals surface area contributed by atoms with Gasteiger partial charge in [-0.05, 0) is 43.9 Å². The summed E-state index contributed by atoms with van der Waals surface area (Å²) in [6.45, 7) is 0. The van der Waals surface area contributed by atoms with Crippen LogP contribution in [0.1, 0.15) is 47.4 Å². The summed E-state index contributed by atoms with van der Waals surface area (Å²) in [6.07, 6.45) is -9.77. The lowest BCUT2D eigenvalue weighted by atomic mass is 9.93. The minimum absolute atomic E-state index is 0.165. The summed E-state index contributed by atoms with van der Waals surface area (Å²) in [5.41, 5.74) is -1.51. The van der Waals surface area contributed by atoms with Crippen molar-refractivity contribution in [2.45, 2.75) is 54.0 Å². The van der Waals surface area contributed by atoms with E-state index < -0.39 is 68.3 Å². The van der Waals surface area contributed by atoms with Gasteiger partial charge in [0.05, 0.1) is 16.0 Å². The van der Waals surface area contributed by atoms with Crippen LogP contribution < -0.4 is 5.32 Å². The number of alkyl halides is 7. The van der Waals surface area contributed by atoms with E-state index in [-0.39, 0.29) is 18.4 Å². The molecule has 1 aliphatic rings. The second-order valence-electron chi connectivity index (χ2n) is 7.45. The van der Waals surface area contributed by atoms with Gasteiger partial charge in [0.25, 0.3) is 5.91 Å². The first-order valence-corrected chi connectivity index (χ1v) is 10.9. The molecule has 1 fully saturated rings. The Kier molecular flexibility index (Phi) is 6.43. The van der Waals surface area contributed by atoms with Gasteiger partial charge in [-0.1, -0.05) is 6.07 Å². The predicted octanol–water partition coefficient (Wildman–Crippen LogP) is 4.33. The molecule has 0 aliphatic heterocycles. The van der Waals surface area contributed by atoms with Gasteiger partial charge >= 0.3 is 12.4 Å². The number of carbonyl (C=O) groups excluding carboxylic acids is 1. The van der Waals surface area contributed by atoms with Crippen molar-refractivity contribution < 1.29 is 43.9 Å². The second-order valence-corrected chi connectivity index (χ2v) is 9.66. The highest BCUT2D eigenvalue weighted by atomic mass is 32.2. The molecule has 1 aromatic heterocycles. The number of hydrogen-bond acceptors (Lipinski definition) is 5. The maximum Gasteiger partial charge on any atom is 0.451 e. The van der Waals surface area contributed by atoms with Crippen LogP contribution in [0, 0.1) is 0 Å². The lowest BCUT2D eigenvalue weighted by molar-refractivity contribution is -0.145. The Morgan fingerprint density at radius 3 is 2.09 bits per heavy atom. The Bertz CT molecular complexity index is 1120. The predicted molar refractivity (Wildman–Crippen MR) is 99.2 cm³/mol. The third kappa shape index (κ3) is 5.25. The maximum absolute atomic E-state index is 15.3. The molecular formula is C19H16F7N3O3S. The number of nitrogens with one attached hydrogen (secondary N) is 1. The smallest absolute Gasteiger partial charge is 0.349 e. The van der Waals surface area contributed by atoms with Crippen LogP contribution in [0.2, 0.25) is 0 Å². The van der Waals surface area contributed by atoms with E-state index in [0.29, 0.717) is 24.5 Å². The Balaban J connectivity index is 1.67. The van der Waals surface area contributed by atoms with Crippen molar-refractivity contribution in [3.05, 3.63) is 53.6 Å². The van der Waals surface area contributed by atoms with E-state index >= 15 is 4.39 Å². The van der Waals surface area contributed by atoms with Crippen molar-refractivity contribution in [1.29, 1.82) is 0 Å². The zero-order chi connectivity index (χ0) is 24.7. The Morgan fingerprint density at radius 1 is 1.00 bits per heavy atom. The number of carbonyl (C=O) groups is 1. The normalized spacial score (nSPS) is 22.1. The van der Waals surface area contributed by atoms with Gasteiger partial charge in [-0.2, -0.15) is 26.3 Å². The summed E-state index contributed by atoms with van der Waals surface area (Å²) >= 11 is 0. The zero-order valence-electron chi connectivity index (χ0n) is 16.5. The highest BCUT2D eigenvalue weighted by molar-refractivity contribution is 7.92. The molecule has 1 heterocycles. The van der Waals surface area contributed by atoms with Gasteiger partial charge < -0.3 is 5.32 Å². The molecule has 1 aliphatic carbocycles. The standard InChI is InChI=1S/C19H16F7N3O3S/c20-17(33(31,32)14-3-1-2-12(8-14)18(21,22)23)6-4-13(5-7-17)29-15(30)11-9-27-16(28-10-11)19(24,25)26/h1-3,8-10,13H,4-7H2,(H,29,30)/t13-,17-. The fraction of sp³-hybridized carbons (Fsp3) is 0.421. The molecule has 1 aromatic carbocycles. The van der Waals surface area contributed by atoms with Crippen LogP contribution in [0.4, 0.5) is 30.7 Å². The number of rotatable bonds is 4. The summed E-state index contributed by atoms with van der Waals surface area (Å²) in [4.78, 5) is 17.5. The van der Waals surface area contributed by atoms with Crippen LogP contribution in [-0.2, 0) is 22.2 Å². The van der Waals surface area contributed by atoms with E-state index in [0.717, 1.165) is 12.1 Å². The minimum atomic E-state index is -4.81. The fourth-order valence-corrected chi connectivity index (χ4v) is 5.11. The molecule has 0 radical (unpaired) electrons. The van der Waals surface area contributed by atoms with Crippen LogP contribution in [0.3, 0.4) is 0 Å². The minimum Gasteiger partial charge on any atom is -0.349 e. The second kappa shape index (κ2) is 8.54. The van der Waals surface area contributed by atoms with E-state index in [9.17, 15) is 39.6 Å². The van der Waals surface area contributed by atoms with E-state index in [4.69, 9.17) is 0 Å². The van der Waals surface area contributed by atoms with E-state index in [2.05, 4.69) is 15.3 Å². The number of amides is 1. The quantitative estimate of drug-likeness (QED) is 0.633. The van der Waals surface area contributed by atoms with Gasteiger partial charge in [-0.25, -0.2) is 22.8 Å². The van der Waals surface area contributed by atoms with Crippen LogP contribution in [0.5, 0.6) is 0 Å². The molecular weight excluding hydrogens is 483 g/mol. The van der Waals surface area contributed by atoms with Gasteiger partial charge in [-0.15, -0.1) is 0 Å². The van der Waals surface area contributed by atoms with Crippen LogP contribution in [-0.4, -0.2) is 35.3 Å². The van der Waals surface area contributed by atoms with E-state index in [1.165, 1.54) is 0 Å². The summed E-state index contributed by atoms with van der Waals surface area (Å²) in [5.74, 6) is -2.26. The molecule has 1 N–H and O–H groups in total. The molecule has 3 rings (SSSR count). The van der Waals surface area contributed by atoms with Crippen molar-refractivity contribution in [3.8, 4) is 0 Å². The number of halogens is 7. The van der Waals surface area contributed by atoms with Gasteiger partial charge in [-0.3, -0.25) is 4.79 Å². The molecule has 14 heteroatoms. The number of nitrogens with zero attached hydrogens (tertiary/aromatic N) is 2.